The number of hydrogen-bond acceptors (Lipinski definition) is 4. The van der Waals surface area contributed by atoms with Gasteiger partial charge in [-0.25, -0.2) is 4.79 Å². The third-order valence-electron chi connectivity index (χ3n) is 4.72. The van der Waals surface area contributed by atoms with E-state index in [2.05, 4.69) is 15.5 Å². The molecule has 0 aliphatic carbocycles. The molecule has 2 aromatic carbocycles. The third-order valence-corrected chi connectivity index (χ3v) is 6.69. The molecule has 0 spiro atoms. The van der Waals surface area contributed by atoms with Crippen LogP contribution in [0.15, 0.2) is 48.5 Å². The Hall–Kier alpha value is -2.38. The normalized spacial score (nSPS) is 13.6. The molecule has 7 heteroatoms. The van der Waals surface area contributed by atoms with Crippen molar-refractivity contribution in [3.63, 3.8) is 0 Å². The van der Waals surface area contributed by atoms with Crippen LogP contribution in [0.3, 0.4) is 0 Å². The maximum atomic E-state index is 12.5. The molecule has 0 radical (unpaired) electrons. The van der Waals surface area contributed by atoms with Crippen LogP contribution in [0.2, 0.25) is 0 Å². The first-order valence-corrected chi connectivity index (χ1v) is 11.2. The van der Waals surface area contributed by atoms with Crippen molar-refractivity contribution in [2.75, 3.05) is 33.1 Å². The lowest BCUT2D eigenvalue weighted by molar-refractivity contribution is 0.243. The monoisotopic (exact) mass is 431 g/mol. The van der Waals surface area contributed by atoms with Crippen LogP contribution in [0.25, 0.3) is 0 Å². The van der Waals surface area contributed by atoms with Crippen LogP contribution in [0.1, 0.15) is 37.9 Å². The summed E-state index contributed by atoms with van der Waals surface area (Å²) in [6.07, 6.45) is 0. The average molecular weight is 432 g/mol. The maximum absolute atomic E-state index is 12.5. The minimum atomic E-state index is -0.992. The Morgan fingerprint density at radius 3 is 2.47 bits per heavy atom. The van der Waals surface area contributed by atoms with Gasteiger partial charge in [0, 0.05) is 33.5 Å². The molecule has 6 nitrogen and oxygen atoms in total. The van der Waals surface area contributed by atoms with E-state index >= 15 is 0 Å². The molecule has 2 atom stereocenters. The Morgan fingerprint density at radius 1 is 1.13 bits per heavy atom. The van der Waals surface area contributed by atoms with Gasteiger partial charge in [-0.15, -0.1) is 0 Å². The molecule has 0 heterocycles. The zero-order chi connectivity index (χ0) is 22.3. The second-order valence-electron chi connectivity index (χ2n) is 8.39. The molecule has 0 fully saturated rings. The van der Waals surface area contributed by atoms with E-state index in [0.717, 1.165) is 16.9 Å². The highest BCUT2D eigenvalue weighted by atomic mass is 32.2. The van der Waals surface area contributed by atoms with Gasteiger partial charge in [0.1, 0.15) is 5.75 Å². The number of nitrogens with zero attached hydrogens (tertiary/aromatic N) is 1. The van der Waals surface area contributed by atoms with E-state index in [1.54, 1.807) is 7.11 Å². The fourth-order valence-electron chi connectivity index (χ4n) is 2.92. The molecular weight excluding hydrogens is 398 g/mol. The van der Waals surface area contributed by atoms with Crippen molar-refractivity contribution in [1.82, 2.24) is 10.2 Å². The molecular formula is C23H33N3O3S. The van der Waals surface area contributed by atoms with Gasteiger partial charge in [-0.2, -0.15) is 0 Å². The van der Waals surface area contributed by atoms with Crippen molar-refractivity contribution < 1.29 is 13.7 Å². The second-order valence-corrected chi connectivity index (χ2v) is 10.6. The first-order valence-electron chi connectivity index (χ1n) is 9.93. The van der Waals surface area contributed by atoms with Crippen molar-refractivity contribution in [2.45, 2.75) is 37.3 Å². The number of hydrogen-bond donors (Lipinski definition) is 2. The maximum Gasteiger partial charge on any atom is 0.319 e. The van der Waals surface area contributed by atoms with Crippen LogP contribution in [0.4, 0.5) is 10.5 Å². The molecule has 164 valence electrons. The minimum Gasteiger partial charge on any atom is -0.497 e. The Bertz CT molecular complexity index is 878. The number of carbonyl (C=O) groups is 1. The standard InChI is InChI=1S/C23H33N3O3S/c1-23(2,3)30(28)16-17-9-7-11-19(13-17)25-22(27)24-15-21(26(4)5)18-10-8-12-20(14-18)29-6/h7-14,21H,15-16H2,1-6H3,(H2,24,25,27). The SMILES string of the molecule is COc1cccc(C(CNC(=O)Nc2cccc(CS(=O)C(C)(C)C)c2)N(C)C)c1. The summed E-state index contributed by atoms with van der Waals surface area (Å²) in [5, 5.41) is 5.81. The smallest absolute Gasteiger partial charge is 0.319 e. The summed E-state index contributed by atoms with van der Waals surface area (Å²) in [7, 11) is 4.60. The predicted octanol–water partition coefficient (Wildman–Crippen LogP) is 4.17. The summed E-state index contributed by atoms with van der Waals surface area (Å²) >= 11 is 0. The molecule has 2 unspecified atom stereocenters. The average Bonchev–Trinajstić information content (AvgIpc) is 2.67. The lowest BCUT2D eigenvalue weighted by Crippen LogP contribution is -2.36. The number of nitrogens with one attached hydrogen (secondary N) is 2. The van der Waals surface area contributed by atoms with Gasteiger partial charge in [-0.3, -0.25) is 4.21 Å². The number of likely N-dealkylation sites (N-methyl/N-ethyl adjacent to an activating group) is 1. The molecule has 0 aromatic heterocycles. The Morgan fingerprint density at radius 2 is 1.83 bits per heavy atom. The van der Waals surface area contributed by atoms with Crippen LogP contribution in [0.5, 0.6) is 5.75 Å². The van der Waals surface area contributed by atoms with Gasteiger partial charge < -0.3 is 20.3 Å². The Balaban J connectivity index is 1.99. The topological polar surface area (TPSA) is 70.7 Å². The van der Waals surface area contributed by atoms with Crippen LogP contribution in [-0.4, -0.2) is 47.6 Å². The number of benzene rings is 2. The first kappa shape index (κ1) is 23.9. The number of rotatable bonds is 8. The number of anilines is 1. The lowest BCUT2D eigenvalue weighted by Gasteiger charge is -2.25. The molecule has 30 heavy (non-hydrogen) atoms. The van der Waals surface area contributed by atoms with Gasteiger partial charge in [-0.1, -0.05) is 24.3 Å². The van der Waals surface area contributed by atoms with E-state index in [0.29, 0.717) is 18.0 Å². The van der Waals surface area contributed by atoms with Crippen LogP contribution < -0.4 is 15.4 Å². The van der Waals surface area contributed by atoms with E-state index in [-0.39, 0.29) is 16.8 Å². The van der Waals surface area contributed by atoms with Gasteiger partial charge in [0.25, 0.3) is 0 Å². The molecule has 2 rings (SSSR count). The zero-order valence-electron chi connectivity index (χ0n) is 18.7. The molecule has 0 saturated heterocycles. The van der Waals surface area contributed by atoms with E-state index in [1.807, 2.05) is 83.4 Å². The third kappa shape index (κ3) is 7.15. The van der Waals surface area contributed by atoms with E-state index in [4.69, 9.17) is 4.74 Å². The number of ether oxygens (including phenoxy) is 1. The van der Waals surface area contributed by atoms with E-state index in [1.165, 1.54) is 0 Å². The fourth-order valence-corrected chi connectivity index (χ4v) is 3.83. The van der Waals surface area contributed by atoms with Gasteiger partial charge in [-0.05, 0) is 70.3 Å². The largest absolute Gasteiger partial charge is 0.497 e. The molecule has 0 bridgehead atoms. The summed E-state index contributed by atoms with van der Waals surface area (Å²) in [6, 6.07) is 15.1. The quantitative estimate of drug-likeness (QED) is 0.658. The molecule has 2 amide bonds. The highest BCUT2D eigenvalue weighted by molar-refractivity contribution is 7.85. The number of amides is 2. The Kier molecular flexibility index (Phi) is 8.43. The van der Waals surface area contributed by atoms with Gasteiger partial charge in [0.15, 0.2) is 0 Å². The van der Waals surface area contributed by atoms with Crippen LogP contribution in [-0.2, 0) is 16.6 Å². The molecule has 0 saturated carbocycles. The molecule has 0 aliphatic heterocycles. The highest BCUT2D eigenvalue weighted by Crippen LogP contribution is 2.22. The van der Waals surface area contributed by atoms with Crippen molar-refractivity contribution in [2.24, 2.45) is 0 Å². The summed E-state index contributed by atoms with van der Waals surface area (Å²) in [6.45, 7) is 6.33. The van der Waals surface area contributed by atoms with E-state index in [9.17, 15) is 9.00 Å². The zero-order valence-corrected chi connectivity index (χ0v) is 19.5. The molecule has 2 N–H and O–H groups in total. The summed E-state index contributed by atoms with van der Waals surface area (Å²) in [5.74, 6) is 1.24. The second kappa shape index (κ2) is 10.6. The van der Waals surface area contributed by atoms with Crippen molar-refractivity contribution in [1.29, 1.82) is 0 Å². The Labute approximate surface area is 182 Å². The van der Waals surface area contributed by atoms with Crippen molar-refractivity contribution >= 4 is 22.5 Å². The molecule has 0 aliphatic rings. The van der Waals surface area contributed by atoms with Crippen LogP contribution >= 0.6 is 0 Å². The number of urea groups is 1. The lowest BCUT2D eigenvalue weighted by atomic mass is 10.1. The minimum absolute atomic E-state index is 0.00592. The van der Waals surface area contributed by atoms with Crippen molar-refractivity contribution in [3.8, 4) is 5.75 Å². The van der Waals surface area contributed by atoms with Crippen LogP contribution in [0, 0.1) is 0 Å². The van der Waals surface area contributed by atoms with E-state index < -0.39 is 10.8 Å². The number of carbonyl (C=O) groups excluding carboxylic acids is 1. The highest BCUT2D eigenvalue weighted by Gasteiger charge is 2.20. The summed E-state index contributed by atoms with van der Waals surface area (Å²) in [4.78, 5) is 14.5. The predicted molar refractivity (Wildman–Crippen MR) is 124 cm³/mol. The van der Waals surface area contributed by atoms with Gasteiger partial charge in [0.2, 0.25) is 0 Å². The fraction of sp³-hybridized carbons (Fsp3) is 0.435. The first-order chi connectivity index (χ1) is 14.1. The number of methoxy groups -OCH3 is 1. The van der Waals surface area contributed by atoms with Gasteiger partial charge >= 0.3 is 6.03 Å². The summed E-state index contributed by atoms with van der Waals surface area (Å²) in [5.41, 5.74) is 2.67. The molecule has 2 aromatic rings. The van der Waals surface area contributed by atoms with Crippen molar-refractivity contribution in [3.05, 3.63) is 59.7 Å². The summed E-state index contributed by atoms with van der Waals surface area (Å²) < 4.78 is 17.4. The van der Waals surface area contributed by atoms with Gasteiger partial charge in [0.05, 0.1) is 13.2 Å².